The maximum absolute atomic E-state index is 13.3. The lowest BCUT2D eigenvalue weighted by atomic mass is 9.68. The van der Waals surface area contributed by atoms with Crippen molar-refractivity contribution in [1.29, 1.82) is 0 Å². The van der Waals surface area contributed by atoms with Crippen LogP contribution in [0, 0.1) is 23.7 Å². The zero-order chi connectivity index (χ0) is 28.4. The second kappa shape index (κ2) is 10.3. The van der Waals surface area contributed by atoms with Crippen molar-refractivity contribution >= 4 is 33.2 Å². The zero-order valence-corrected chi connectivity index (χ0v) is 24.7. The van der Waals surface area contributed by atoms with Gasteiger partial charge in [0.25, 0.3) is 5.91 Å². The lowest BCUT2D eigenvalue weighted by Crippen LogP contribution is -2.49. The summed E-state index contributed by atoms with van der Waals surface area (Å²) < 4.78 is 34.8. The standard InChI is InChI=1S/C32H37ClN2O5S/c33-25-8-10-27-21(14-25)2-1-13-32(27)18-35-16-23-5-9-26(23)29(36)11-6-20-3-4-24(20)17-41(38,39)34-31(37)22-7-12-30(40-19-32)28(35)15-22/h6-8,10-12,14-15,20,23-24,26,29,36H,1-5,9,13,16-19H2,(H,34,37)/b11-6-/t20-,23-,24-,26+,29-,32-/m0/s1. The smallest absolute Gasteiger partial charge is 0.264 e. The van der Waals surface area contributed by atoms with Crippen LogP contribution in [0.15, 0.2) is 48.6 Å². The Bertz CT molecular complexity index is 1510. The van der Waals surface area contributed by atoms with Gasteiger partial charge in [0.1, 0.15) is 5.75 Å². The molecule has 2 heterocycles. The summed E-state index contributed by atoms with van der Waals surface area (Å²) in [6.45, 7) is 1.94. The number of aliphatic hydroxyl groups is 1. The topological polar surface area (TPSA) is 95.9 Å². The molecule has 0 aromatic heterocycles. The second-order valence-corrected chi connectivity index (χ2v) is 15.1. The van der Waals surface area contributed by atoms with Crippen LogP contribution in [-0.2, 0) is 21.9 Å². The van der Waals surface area contributed by atoms with E-state index in [0.717, 1.165) is 62.2 Å². The third kappa shape index (κ3) is 5.06. The van der Waals surface area contributed by atoms with E-state index in [4.69, 9.17) is 16.3 Å². The van der Waals surface area contributed by atoms with Gasteiger partial charge in [-0.3, -0.25) is 4.79 Å². The molecular weight excluding hydrogens is 560 g/mol. The number of aryl methyl sites for hydroxylation is 1. The molecule has 0 radical (unpaired) electrons. The SMILES string of the molecule is O=C1NS(=O)(=O)C[C@@H]2CC[C@H]2/C=C\[C@H](O)[C@@H]2CC[C@H]2CN2C[C@@]3(CCCc4cc(Cl)ccc43)COc3ccc1cc32. The highest BCUT2D eigenvalue weighted by Gasteiger charge is 2.44. The van der Waals surface area contributed by atoms with E-state index in [1.54, 1.807) is 18.2 Å². The van der Waals surface area contributed by atoms with E-state index in [0.29, 0.717) is 30.4 Å². The highest BCUT2D eigenvalue weighted by Crippen LogP contribution is 2.47. The number of anilines is 1. The summed E-state index contributed by atoms with van der Waals surface area (Å²) in [5, 5.41) is 11.9. The lowest BCUT2D eigenvalue weighted by Gasteiger charge is -2.45. The fraction of sp³-hybridized carbons (Fsp3) is 0.531. The van der Waals surface area contributed by atoms with E-state index in [-0.39, 0.29) is 28.9 Å². The minimum absolute atomic E-state index is 0.0470. The average molecular weight is 597 g/mol. The van der Waals surface area contributed by atoms with Gasteiger partial charge in [0.2, 0.25) is 10.0 Å². The molecule has 5 aliphatic rings. The first-order chi connectivity index (χ1) is 19.7. The molecule has 9 heteroatoms. The Morgan fingerprint density at radius 3 is 2.68 bits per heavy atom. The normalized spacial score (nSPS) is 34.8. The quantitative estimate of drug-likeness (QED) is 0.422. The van der Waals surface area contributed by atoms with Gasteiger partial charge in [0, 0.05) is 29.1 Å². The Hall–Kier alpha value is -2.55. The number of aliphatic hydroxyl groups excluding tert-OH is 1. The minimum Gasteiger partial charge on any atom is -0.490 e. The summed E-state index contributed by atoms with van der Waals surface area (Å²) in [5.74, 6) is 0.493. The van der Waals surface area contributed by atoms with Gasteiger partial charge in [0.05, 0.1) is 24.2 Å². The summed E-state index contributed by atoms with van der Waals surface area (Å²) in [4.78, 5) is 15.6. The van der Waals surface area contributed by atoms with E-state index in [2.05, 4.69) is 21.8 Å². The van der Waals surface area contributed by atoms with Gasteiger partial charge in [-0.15, -0.1) is 0 Å². The third-order valence-electron chi connectivity index (χ3n) is 10.4. The molecule has 7 nitrogen and oxygen atoms in total. The first-order valence-corrected chi connectivity index (χ1v) is 16.9. The van der Waals surface area contributed by atoms with Crippen LogP contribution >= 0.6 is 11.6 Å². The molecular formula is C32H37ClN2O5S. The zero-order valence-electron chi connectivity index (χ0n) is 23.1. The summed E-state index contributed by atoms with van der Waals surface area (Å²) in [6, 6.07) is 11.4. The Labute approximate surface area is 247 Å². The second-order valence-electron chi connectivity index (χ2n) is 12.9. The molecule has 2 N–H and O–H groups in total. The number of allylic oxidation sites excluding steroid dienone is 1. The van der Waals surface area contributed by atoms with Crippen molar-refractivity contribution < 1.29 is 23.1 Å². The molecule has 1 amide bonds. The van der Waals surface area contributed by atoms with Crippen LogP contribution in [0.2, 0.25) is 5.02 Å². The number of carbonyl (C=O) groups excluding carboxylic acids is 1. The van der Waals surface area contributed by atoms with Gasteiger partial charge in [-0.05, 0) is 110 Å². The van der Waals surface area contributed by atoms with Gasteiger partial charge >= 0.3 is 0 Å². The number of sulfonamides is 1. The first-order valence-electron chi connectivity index (χ1n) is 14.9. The number of halogens is 1. The van der Waals surface area contributed by atoms with Crippen molar-refractivity contribution in [3.63, 3.8) is 0 Å². The molecule has 0 saturated heterocycles. The Balaban J connectivity index is 1.29. The maximum atomic E-state index is 13.3. The minimum atomic E-state index is -3.81. The number of carbonyl (C=O) groups is 1. The largest absolute Gasteiger partial charge is 0.490 e. The molecule has 2 aliphatic heterocycles. The van der Waals surface area contributed by atoms with Crippen molar-refractivity contribution in [3.8, 4) is 5.75 Å². The fourth-order valence-corrected chi connectivity index (χ4v) is 9.44. The monoisotopic (exact) mass is 596 g/mol. The molecule has 7 rings (SSSR count). The summed E-state index contributed by atoms with van der Waals surface area (Å²) >= 11 is 6.38. The van der Waals surface area contributed by atoms with Crippen LogP contribution in [0.5, 0.6) is 5.75 Å². The van der Waals surface area contributed by atoms with Gasteiger partial charge in [-0.2, -0.15) is 0 Å². The highest BCUT2D eigenvalue weighted by atomic mass is 35.5. The van der Waals surface area contributed by atoms with Gasteiger partial charge in [-0.25, -0.2) is 13.1 Å². The van der Waals surface area contributed by atoms with Gasteiger partial charge in [0.15, 0.2) is 0 Å². The number of ether oxygens (including phenoxy) is 1. The number of amides is 1. The average Bonchev–Trinajstić information content (AvgIpc) is 3.05. The van der Waals surface area contributed by atoms with E-state index >= 15 is 0 Å². The Kier molecular flexibility index (Phi) is 6.87. The fourth-order valence-electron chi connectivity index (χ4n) is 7.79. The van der Waals surface area contributed by atoms with Crippen LogP contribution in [0.1, 0.15) is 60.0 Å². The number of nitrogens with one attached hydrogen (secondary N) is 1. The Morgan fingerprint density at radius 1 is 1.05 bits per heavy atom. The van der Waals surface area contributed by atoms with Crippen molar-refractivity contribution in [1.82, 2.24) is 4.72 Å². The lowest BCUT2D eigenvalue weighted by molar-refractivity contribution is 0.0450. The molecule has 2 aromatic rings. The molecule has 218 valence electrons. The van der Waals surface area contributed by atoms with E-state index < -0.39 is 22.0 Å². The molecule has 41 heavy (non-hydrogen) atoms. The predicted octanol–water partition coefficient (Wildman–Crippen LogP) is 4.86. The molecule has 0 unspecified atom stereocenters. The third-order valence-corrected chi connectivity index (χ3v) is 12.0. The van der Waals surface area contributed by atoms with E-state index in [9.17, 15) is 18.3 Å². The van der Waals surface area contributed by atoms with Crippen LogP contribution in [-0.4, -0.2) is 51.0 Å². The molecule has 2 saturated carbocycles. The number of fused-ring (bicyclic) bond motifs is 5. The molecule has 2 bridgehead atoms. The van der Waals surface area contributed by atoms with Crippen molar-refractivity contribution in [2.75, 3.05) is 30.3 Å². The predicted molar refractivity (Wildman–Crippen MR) is 159 cm³/mol. The van der Waals surface area contributed by atoms with Crippen molar-refractivity contribution in [2.24, 2.45) is 23.7 Å². The molecule has 2 fully saturated rings. The summed E-state index contributed by atoms with van der Waals surface area (Å²) in [5.41, 5.74) is 3.38. The summed E-state index contributed by atoms with van der Waals surface area (Å²) in [6.07, 6.45) is 10.0. The molecule has 1 spiro atoms. The maximum Gasteiger partial charge on any atom is 0.264 e. The van der Waals surface area contributed by atoms with Crippen molar-refractivity contribution in [3.05, 3.63) is 70.3 Å². The van der Waals surface area contributed by atoms with Gasteiger partial charge in [-0.1, -0.05) is 29.8 Å². The number of nitrogens with zero attached hydrogens (tertiary/aromatic N) is 1. The highest BCUT2D eigenvalue weighted by molar-refractivity contribution is 7.90. The van der Waals surface area contributed by atoms with Crippen LogP contribution in [0.3, 0.4) is 0 Å². The van der Waals surface area contributed by atoms with E-state index in [1.807, 2.05) is 18.2 Å². The van der Waals surface area contributed by atoms with Crippen LogP contribution in [0.4, 0.5) is 5.69 Å². The van der Waals surface area contributed by atoms with Crippen LogP contribution in [0.25, 0.3) is 0 Å². The summed E-state index contributed by atoms with van der Waals surface area (Å²) in [7, 11) is -3.81. The number of hydrogen-bond acceptors (Lipinski definition) is 6. The first kappa shape index (κ1) is 27.3. The molecule has 3 aliphatic carbocycles. The van der Waals surface area contributed by atoms with E-state index in [1.165, 1.54) is 11.1 Å². The number of rotatable bonds is 0. The van der Waals surface area contributed by atoms with Crippen molar-refractivity contribution in [2.45, 2.75) is 56.5 Å². The molecule has 2 aromatic carbocycles. The Morgan fingerprint density at radius 2 is 1.90 bits per heavy atom. The van der Waals surface area contributed by atoms with Gasteiger partial charge < -0.3 is 14.7 Å². The number of hydrogen-bond donors (Lipinski definition) is 2. The number of benzene rings is 2. The molecule has 6 atom stereocenters. The van der Waals surface area contributed by atoms with Crippen LogP contribution < -0.4 is 14.4 Å².